The third-order valence-electron chi connectivity index (χ3n) is 4.20. The molecule has 0 aromatic heterocycles. The summed E-state index contributed by atoms with van der Waals surface area (Å²) in [7, 11) is 0. The Labute approximate surface area is 179 Å². The lowest BCUT2D eigenvalue weighted by molar-refractivity contribution is -0.210. The van der Waals surface area contributed by atoms with Gasteiger partial charge in [-0.15, -0.1) is 0 Å². The minimum absolute atomic E-state index is 0.392. The highest BCUT2D eigenvalue weighted by atomic mass is 17.2. The molecule has 0 radical (unpaired) electrons. The third kappa shape index (κ3) is 6.37. The second-order valence-electron chi connectivity index (χ2n) is 6.61. The largest absolute Gasteiger partial charge is 0.482 e. The minimum Gasteiger partial charge on any atom is -0.482 e. The van der Waals surface area contributed by atoms with E-state index >= 15 is 0 Å². The van der Waals surface area contributed by atoms with Gasteiger partial charge in [-0.05, 0) is 64.7 Å². The van der Waals surface area contributed by atoms with Crippen molar-refractivity contribution < 1.29 is 29.2 Å². The van der Waals surface area contributed by atoms with Crippen LogP contribution >= 0.6 is 0 Å². The molecule has 3 rings (SSSR count). The first-order valence-electron chi connectivity index (χ1n) is 9.38. The molecular formula is C24H21NO6. The van der Waals surface area contributed by atoms with Crippen molar-refractivity contribution in [3.8, 4) is 11.5 Å². The van der Waals surface area contributed by atoms with Gasteiger partial charge in [0.15, 0.2) is 12.4 Å². The van der Waals surface area contributed by atoms with E-state index in [1.54, 1.807) is 24.3 Å². The van der Waals surface area contributed by atoms with Gasteiger partial charge in [0, 0.05) is 12.6 Å². The molecule has 0 unspecified atom stereocenters. The summed E-state index contributed by atoms with van der Waals surface area (Å²) in [6, 6.07) is 21.7. The predicted octanol–water partition coefficient (Wildman–Crippen LogP) is 4.18. The lowest BCUT2D eigenvalue weighted by atomic mass is 9.95. The maximum atomic E-state index is 10.9. The number of carboxylic acids is 1. The summed E-state index contributed by atoms with van der Waals surface area (Å²) >= 11 is 0. The van der Waals surface area contributed by atoms with Gasteiger partial charge in [-0.1, -0.05) is 36.4 Å². The average Bonchev–Trinajstić information content (AvgIpc) is 2.77. The van der Waals surface area contributed by atoms with Crippen molar-refractivity contribution in [1.82, 2.24) is 0 Å². The molecule has 3 aromatic carbocycles. The van der Waals surface area contributed by atoms with Gasteiger partial charge in [0.1, 0.15) is 5.75 Å². The first-order chi connectivity index (χ1) is 14.9. The number of aliphatic carboxylic acids is 1. The van der Waals surface area contributed by atoms with E-state index in [1.807, 2.05) is 54.6 Å². The Hall–Kier alpha value is -4.26. The van der Waals surface area contributed by atoms with E-state index in [2.05, 4.69) is 4.89 Å². The topological polar surface area (TPSA) is 108 Å². The molecule has 158 valence electrons. The van der Waals surface area contributed by atoms with Gasteiger partial charge < -0.3 is 15.6 Å². The molecule has 0 saturated heterocycles. The number of nitrogen functional groups attached to an aromatic ring is 1. The zero-order valence-corrected chi connectivity index (χ0v) is 16.8. The SMILES string of the molecule is CC(=O)OOc1ccc(C(=Cc2ccc(N)cc2)c2ccc(OCC(=O)O)cc2)cc1. The molecule has 31 heavy (non-hydrogen) atoms. The van der Waals surface area contributed by atoms with Crippen molar-refractivity contribution >= 4 is 29.3 Å². The number of hydrogen-bond donors (Lipinski definition) is 2. The number of hydrogen-bond acceptors (Lipinski definition) is 6. The number of carboxylic acid groups (broad SMARTS) is 1. The van der Waals surface area contributed by atoms with E-state index in [1.165, 1.54) is 6.92 Å². The molecule has 0 aliphatic rings. The first-order valence-corrected chi connectivity index (χ1v) is 9.38. The lowest BCUT2D eigenvalue weighted by Gasteiger charge is -2.11. The van der Waals surface area contributed by atoms with Crippen LogP contribution in [0.25, 0.3) is 11.6 Å². The number of carbonyl (C=O) groups is 2. The summed E-state index contributed by atoms with van der Waals surface area (Å²) in [6.07, 6.45) is 2.01. The van der Waals surface area contributed by atoms with Gasteiger partial charge in [0.05, 0.1) is 0 Å². The fourth-order valence-electron chi connectivity index (χ4n) is 2.76. The highest BCUT2D eigenvalue weighted by Crippen LogP contribution is 2.29. The van der Waals surface area contributed by atoms with Gasteiger partial charge in [-0.3, -0.25) is 9.78 Å². The van der Waals surface area contributed by atoms with Gasteiger partial charge in [-0.2, -0.15) is 0 Å². The summed E-state index contributed by atoms with van der Waals surface area (Å²) in [6.45, 7) is 0.850. The van der Waals surface area contributed by atoms with Crippen LogP contribution in [0.15, 0.2) is 72.8 Å². The monoisotopic (exact) mass is 419 g/mol. The molecule has 0 atom stereocenters. The van der Waals surface area contributed by atoms with Crippen LogP contribution in [0.3, 0.4) is 0 Å². The maximum absolute atomic E-state index is 10.9. The first kappa shape index (κ1) is 21.4. The highest BCUT2D eigenvalue weighted by Gasteiger charge is 2.08. The zero-order chi connectivity index (χ0) is 22.2. The van der Waals surface area contributed by atoms with E-state index in [4.69, 9.17) is 20.5 Å². The van der Waals surface area contributed by atoms with E-state index < -0.39 is 18.5 Å². The second kappa shape index (κ2) is 9.98. The van der Waals surface area contributed by atoms with E-state index in [0.717, 1.165) is 22.3 Å². The van der Waals surface area contributed by atoms with Crippen molar-refractivity contribution in [3.63, 3.8) is 0 Å². The Kier molecular flexibility index (Phi) is 6.90. The van der Waals surface area contributed by atoms with Crippen LogP contribution in [0, 0.1) is 0 Å². The molecule has 0 aliphatic carbocycles. The Morgan fingerprint density at radius 2 is 1.42 bits per heavy atom. The number of nitrogens with two attached hydrogens (primary N) is 1. The van der Waals surface area contributed by atoms with Crippen LogP contribution in [0.1, 0.15) is 23.6 Å². The Bertz CT molecular complexity index is 1010. The van der Waals surface area contributed by atoms with Crippen LogP contribution < -0.4 is 15.4 Å². The standard InChI is InChI=1S/C24H21NO6/c1-16(26)30-31-22-12-6-19(7-13-22)23(14-17-2-8-20(25)9-3-17)18-4-10-21(11-5-18)29-15-24(27)28/h2-14H,15,25H2,1H3,(H,27,28). The zero-order valence-electron chi connectivity index (χ0n) is 16.8. The van der Waals surface area contributed by atoms with E-state index in [0.29, 0.717) is 17.2 Å². The molecule has 3 aromatic rings. The van der Waals surface area contributed by atoms with Crippen molar-refractivity contribution in [2.45, 2.75) is 6.92 Å². The molecule has 0 heterocycles. The molecule has 0 amide bonds. The van der Waals surface area contributed by atoms with Crippen LogP contribution in [0.2, 0.25) is 0 Å². The van der Waals surface area contributed by atoms with Crippen LogP contribution in [0.4, 0.5) is 5.69 Å². The highest BCUT2D eigenvalue weighted by molar-refractivity contribution is 5.91. The minimum atomic E-state index is -1.04. The number of benzene rings is 3. The van der Waals surface area contributed by atoms with Gasteiger partial charge in [-0.25, -0.2) is 9.59 Å². The van der Waals surface area contributed by atoms with Crippen LogP contribution in [-0.2, 0) is 14.5 Å². The molecular weight excluding hydrogens is 398 g/mol. The van der Waals surface area contributed by atoms with Crippen LogP contribution in [0.5, 0.6) is 11.5 Å². The van der Waals surface area contributed by atoms with Crippen molar-refractivity contribution in [1.29, 1.82) is 0 Å². The smallest absolute Gasteiger partial charge is 0.352 e. The normalized spacial score (nSPS) is 10.9. The molecule has 0 spiro atoms. The van der Waals surface area contributed by atoms with E-state index in [-0.39, 0.29) is 0 Å². The van der Waals surface area contributed by atoms with Gasteiger partial charge in [0.25, 0.3) is 0 Å². The predicted molar refractivity (Wildman–Crippen MR) is 116 cm³/mol. The fraction of sp³-hybridized carbons (Fsp3) is 0.0833. The summed E-state index contributed by atoms with van der Waals surface area (Å²) < 4.78 is 5.21. The molecule has 0 fully saturated rings. The Morgan fingerprint density at radius 3 is 1.94 bits per heavy atom. The quantitative estimate of drug-likeness (QED) is 0.244. The van der Waals surface area contributed by atoms with E-state index in [9.17, 15) is 9.59 Å². The molecule has 0 saturated carbocycles. The summed E-state index contributed by atoms with van der Waals surface area (Å²) in [5.74, 6) is -0.728. The lowest BCUT2D eigenvalue weighted by Crippen LogP contribution is -2.09. The van der Waals surface area contributed by atoms with Crippen LogP contribution in [-0.4, -0.2) is 23.7 Å². The number of carbonyl (C=O) groups excluding carboxylic acids is 1. The fourth-order valence-corrected chi connectivity index (χ4v) is 2.76. The summed E-state index contributed by atoms with van der Waals surface area (Å²) in [5.41, 5.74) is 10.1. The third-order valence-corrected chi connectivity index (χ3v) is 4.20. The van der Waals surface area contributed by atoms with Gasteiger partial charge in [0.2, 0.25) is 0 Å². The Morgan fingerprint density at radius 1 is 0.871 bits per heavy atom. The molecule has 7 heteroatoms. The Balaban J connectivity index is 1.92. The molecule has 0 bridgehead atoms. The number of anilines is 1. The van der Waals surface area contributed by atoms with Gasteiger partial charge >= 0.3 is 11.9 Å². The molecule has 3 N–H and O–H groups in total. The summed E-state index contributed by atoms with van der Waals surface area (Å²) in [5, 5.41) is 8.76. The average molecular weight is 419 g/mol. The number of rotatable bonds is 8. The van der Waals surface area contributed by atoms with Crippen molar-refractivity contribution in [3.05, 3.63) is 89.5 Å². The molecule has 0 aliphatic heterocycles. The summed E-state index contributed by atoms with van der Waals surface area (Å²) in [4.78, 5) is 31.1. The second-order valence-corrected chi connectivity index (χ2v) is 6.61. The number of ether oxygens (including phenoxy) is 1. The molecule has 7 nitrogen and oxygen atoms in total. The van der Waals surface area contributed by atoms with Crippen molar-refractivity contribution in [2.24, 2.45) is 0 Å². The van der Waals surface area contributed by atoms with Crippen molar-refractivity contribution in [2.75, 3.05) is 12.3 Å². The maximum Gasteiger partial charge on any atom is 0.352 e.